The van der Waals surface area contributed by atoms with Gasteiger partial charge in [-0.25, -0.2) is 0 Å². The summed E-state index contributed by atoms with van der Waals surface area (Å²) in [5.74, 6) is -0.943. The third-order valence-electron chi connectivity index (χ3n) is 4.83. The highest BCUT2D eigenvalue weighted by atomic mass is 32.2. The summed E-state index contributed by atoms with van der Waals surface area (Å²) in [5.41, 5.74) is 3.25. The van der Waals surface area contributed by atoms with Crippen LogP contribution < -0.4 is 0 Å². The zero-order valence-corrected chi connectivity index (χ0v) is 16.3. The summed E-state index contributed by atoms with van der Waals surface area (Å²) in [6.45, 7) is 6.44. The Hall–Kier alpha value is -1.24. The normalized spacial score (nSPS) is 24.8. The van der Waals surface area contributed by atoms with Crippen molar-refractivity contribution in [3.05, 3.63) is 38.4 Å². The molecule has 3 nitrogen and oxygen atoms in total. The van der Waals surface area contributed by atoms with Gasteiger partial charge in [0.15, 0.2) is 0 Å². The van der Waals surface area contributed by atoms with Gasteiger partial charge in [-0.2, -0.15) is 3.89 Å². The van der Waals surface area contributed by atoms with Crippen molar-refractivity contribution >= 4 is 39.1 Å². The van der Waals surface area contributed by atoms with Gasteiger partial charge in [0.1, 0.15) is 0 Å². The second-order valence-electron chi connectivity index (χ2n) is 6.73. The number of carbonyl (C=O) groups is 1. The largest absolute Gasteiger partial charge is 0.481 e. The predicted molar refractivity (Wildman–Crippen MR) is 106 cm³/mol. The van der Waals surface area contributed by atoms with Gasteiger partial charge in [-0.3, -0.25) is 4.79 Å². The third-order valence-corrected chi connectivity index (χ3v) is 7.38. The molecule has 0 bridgehead atoms. The number of halogens is 1. The topological polar surface area (TPSA) is 40.5 Å². The summed E-state index contributed by atoms with van der Waals surface area (Å²) in [7, 11) is -1.25. The first-order valence-corrected chi connectivity index (χ1v) is 10.7. The number of hydrogen-bond donors (Lipinski definition) is 1. The molecule has 1 aromatic rings. The molecule has 2 atom stereocenters. The molecular formula is C19H24FNO2S2. The first-order valence-electron chi connectivity index (χ1n) is 8.62. The molecule has 136 valence electrons. The van der Waals surface area contributed by atoms with Gasteiger partial charge in [0.05, 0.1) is 5.92 Å². The summed E-state index contributed by atoms with van der Waals surface area (Å²) in [6, 6.07) is 2.07. The van der Waals surface area contributed by atoms with Crippen LogP contribution in [0.4, 0.5) is 3.89 Å². The first-order chi connectivity index (χ1) is 12.0. The van der Waals surface area contributed by atoms with Crippen LogP contribution in [0.1, 0.15) is 36.6 Å². The van der Waals surface area contributed by atoms with Gasteiger partial charge < -0.3 is 10.0 Å². The lowest BCUT2D eigenvalue weighted by atomic mass is 9.98. The van der Waals surface area contributed by atoms with Gasteiger partial charge in [-0.15, -0.1) is 11.3 Å². The lowest BCUT2D eigenvalue weighted by Crippen LogP contribution is -2.39. The van der Waals surface area contributed by atoms with Crippen LogP contribution in [0, 0.1) is 12.8 Å². The van der Waals surface area contributed by atoms with Crippen molar-refractivity contribution in [2.75, 3.05) is 19.6 Å². The van der Waals surface area contributed by atoms with E-state index in [9.17, 15) is 13.8 Å². The van der Waals surface area contributed by atoms with E-state index in [1.807, 2.05) is 6.92 Å². The fourth-order valence-corrected chi connectivity index (χ4v) is 5.63. The molecule has 2 aliphatic heterocycles. The number of aliphatic carboxylic acids is 1. The number of allylic oxidation sites excluding steroid dienone is 2. The molecule has 0 aromatic carbocycles. The van der Waals surface area contributed by atoms with Crippen LogP contribution in [-0.4, -0.2) is 41.0 Å². The van der Waals surface area contributed by atoms with Crippen LogP contribution in [0.15, 0.2) is 28.0 Å². The van der Waals surface area contributed by atoms with Gasteiger partial charge in [0, 0.05) is 44.7 Å². The number of carboxylic acid groups (broad SMARTS) is 1. The monoisotopic (exact) mass is 381 g/mol. The minimum Gasteiger partial charge on any atom is -0.481 e. The van der Waals surface area contributed by atoms with Crippen molar-refractivity contribution in [2.24, 2.45) is 5.92 Å². The fourth-order valence-electron chi connectivity index (χ4n) is 3.47. The summed E-state index contributed by atoms with van der Waals surface area (Å²) < 4.78 is 14.1. The molecule has 1 fully saturated rings. The van der Waals surface area contributed by atoms with Gasteiger partial charge >= 0.3 is 5.97 Å². The Bertz CT molecular complexity index is 763. The van der Waals surface area contributed by atoms with E-state index >= 15 is 0 Å². The van der Waals surface area contributed by atoms with Crippen molar-refractivity contribution in [2.45, 2.75) is 33.1 Å². The second-order valence-corrected chi connectivity index (χ2v) is 8.86. The lowest BCUT2D eigenvalue weighted by molar-refractivity contribution is -0.143. The number of carboxylic acids is 1. The van der Waals surface area contributed by atoms with E-state index in [0.717, 1.165) is 53.3 Å². The molecule has 2 aliphatic rings. The fraction of sp³-hybridized carbons (Fsp3) is 0.474. The van der Waals surface area contributed by atoms with E-state index < -0.39 is 16.8 Å². The molecule has 0 amide bonds. The Morgan fingerprint density at radius 2 is 2.32 bits per heavy atom. The Morgan fingerprint density at radius 3 is 2.92 bits per heavy atom. The maximum absolute atomic E-state index is 14.1. The number of rotatable bonds is 6. The molecule has 1 aromatic heterocycles. The molecule has 6 heteroatoms. The summed E-state index contributed by atoms with van der Waals surface area (Å²) in [6.07, 6.45) is 4.67. The molecule has 3 rings (SSSR count). The molecule has 3 heterocycles. The maximum Gasteiger partial charge on any atom is 0.307 e. The van der Waals surface area contributed by atoms with E-state index in [1.54, 1.807) is 16.7 Å². The SMILES string of the molecule is CC1=C(/C(=C/CCN2CCCC(C(=O)O)C2)c2sccc2C)S(F)=C1. The zero-order valence-electron chi connectivity index (χ0n) is 14.6. The van der Waals surface area contributed by atoms with Gasteiger partial charge in [0.25, 0.3) is 0 Å². The molecule has 2 unspecified atom stereocenters. The van der Waals surface area contributed by atoms with Gasteiger partial charge in [0.2, 0.25) is 0 Å². The van der Waals surface area contributed by atoms with Crippen molar-refractivity contribution in [3.63, 3.8) is 0 Å². The summed E-state index contributed by atoms with van der Waals surface area (Å²) in [5, 5.41) is 12.9. The number of aryl methyl sites for hydroxylation is 1. The Kier molecular flexibility index (Phi) is 5.92. The number of hydrogen-bond acceptors (Lipinski definition) is 3. The van der Waals surface area contributed by atoms with Crippen LogP contribution in [0.25, 0.3) is 5.57 Å². The smallest absolute Gasteiger partial charge is 0.307 e. The first kappa shape index (κ1) is 18.5. The summed E-state index contributed by atoms with van der Waals surface area (Å²) in [4.78, 5) is 15.4. The molecule has 0 aliphatic carbocycles. The minimum absolute atomic E-state index is 0.250. The highest BCUT2D eigenvalue weighted by Gasteiger charge is 2.25. The van der Waals surface area contributed by atoms with E-state index in [1.165, 1.54) is 5.56 Å². The average molecular weight is 382 g/mol. The zero-order chi connectivity index (χ0) is 18.0. The quantitative estimate of drug-likeness (QED) is 0.715. The number of piperidine rings is 1. The van der Waals surface area contributed by atoms with Gasteiger partial charge in [-0.1, -0.05) is 6.08 Å². The third kappa shape index (κ3) is 4.13. The number of likely N-dealkylation sites (tertiary alicyclic amines) is 1. The number of nitrogens with zero attached hydrogens (tertiary/aromatic N) is 1. The molecule has 1 N–H and O–H groups in total. The second kappa shape index (κ2) is 7.98. The van der Waals surface area contributed by atoms with E-state index in [4.69, 9.17) is 0 Å². The molecule has 1 saturated heterocycles. The van der Waals surface area contributed by atoms with Crippen LogP contribution in [-0.2, 0) is 4.79 Å². The van der Waals surface area contributed by atoms with Crippen molar-refractivity contribution in [3.8, 4) is 0 Å². The van der Waals surface area contributed by atoms with Crippen LogP contribution >= 0.6 is 22.2 Å². The molecule has 0 spiro atoms. The van der Waals surface area contributed by atoms with Crippen molar-refractivity contribution < 1.29 is 13.8 Å². The summed E-state index contributed by atoms with van der Waals surface area (Å²) >= 11 is 1.66. The van der Waals surface area contributed by atoms with Crippen molar-refractivity contribution in [1.82, 2.24) is 4.90 Å². The highest BCUT2D eigenvalue weighted by molar-refractivity contribution is 8.16. The molecular weight excluding hydrogens is 357 g/mol. The van der Waals surface area contributed by atoms with Crippen LogP contribution in [0.5, 0.6) is 0 Å². The maximum atomic E-state index is 14.1. The van der Waals surface area contributed by atoms with Gasteiger partial charge in [-0.05, 0) is 62.2 Å². The molecule has 25 heavy (non-hydrogen) atoms. The van der Waals surface area contributed by atoms with E-state index in [0.29, 0.717) is 6.54 Å². The van der Waals surface area contributed by atoms with E-state index in [-0.39, 0.29) is 5.92 Å². The number of thiophene rings is 1. The minimum atomic E-state index is -1.25. The standard InChI is InChI=1S/C19H24FNO2S2/c1-13-7-10-24-17(13)16(18-14(2)12-25(18)20)6-4-9-21-8-3-5-15(11-21)19(22)23/h6-7,10,12,15H,3-5,8-9,11H2,1-2H3,(H,22,23)/b16-6+. The Balaban J connectivity index is 1.71. The highest BCUT2D eigenvalue weighted by Crippen LogP contribution is 2.47. The van der Waals surface area contributed by atoms with E-state index in [2.05, 4.69) is 29.3 Å². The van der Waals surface area contributed by atoms with Crippen molar-refractivity contribution in [1.29, 1.82) is 0 Å². The van der Waals surface area contributed by atoms with Crippen LogP contribution in [0.2, 0.25) is 0 Å². The lowest BCUT2D eigenvalue weighted by Gasteiger charge is -2.30. The Morgan fingerprint density at radius 1 is 1.52 bits per heavy atom. The molecule has 0 radical (unpaired) electrons. The van der Waals surface area contributed by atoms with Crippen LogP contribution in [0.3, 0.4) is 0 Å². The predicted octanol–water partition coefficient (Wildman–Crippen LogP) is 4.87. The average Bonchev–Trinajstić information content (AvgIpc) is 3.00. The molecule has 0 saturated carbocycles. The Labute approximate surface area is 155 Å².